The number of carbonyl (C=O) groups is 1. The van der Waals surface area contributed by atoms with Gasteiger partial charge in [-0.05, 0) is 36.4 Å². The summed E-state index contributed by atoms with van der Waals surface area (Å²) in [7, 11) is 0. The molecule has 0 saturated heterocycles. The smallest absolute Gasteiger partial charge is 0.273 e. The number of benzene rings is 1. The van der Waals surface area contributed by atoms with E-state index in [0.717, 1.165) is 0 Å². The number of anilines is 1. The molecule has 0 radical (unpaired) electrons. The Morgan fingerprint density at radius 3 is 2.75 bits per heavy atom. The van der Waals surface area contributed by atoms with Crippen LogP contribution in [0.1, 0.15) is 10.5 Å². The topological polar surface area (TPSA) is 97.5 Å². The fraction of sp³-hybridized carbons (Fsp3) is 0.143. The van der Waals surface area contributed by atoms with Crippen LogP contribution in [0.3, 0.4) is 0 Å². The van der Waals surface area contributed by atoms with E-state index in [1.807, 2.05) is 0 Å². The minimum absolute atomic E-state index is 0.0000142. The van der Waals surface area contributed by atoms with Gasteiger partial charge in [0.1, 0.15) is 18.1 Å². The number of pyridine rings is 1. The molecule has 0 saturated carbocycles. The molecule has 20 heavy (non-hydrogen) atoms. The average Bonchev–Trinajstić information content (AvgIpc) is 2.46. The van der Waals surface area contributed by atoms with Crippen LogP contribution in [0.4, 0.5) is 5.69 Å². The van der Waals surface area contributed by atoms with Crippen LogP contribution in [0.2, 0.25) is 0 Å². The van der Waals surface area contributed by atoms with E-state index in [9.17, 15) is 9.90 Å². The first-order valence-electron chi connectivity index (χ1n) is 6.07. The molecule has 0 aliphatic carbocycles. The van der Waals surface area contributed by atoms with Crippen molar-refractivity contribution < 1.29 is 14.6 Å². The van der Waals surface area contributed by atoms with Gasteiger partial charge in [-0.15, -0.1) is 0 Å². The second-order valence-electron chi connectivity index (χ2n) is 4.04. The summed E-state index contributed by atoms with van der Waals surface area (Å²) in [5.74, 6) is 0.0857. The third-order valence-electron chi connectivity index (χ3n) is 2.54. The summed E-state index contributed by atoms with van der Waals surface area (Å²) in [6.45, 7) is 0.614. The highest BCUT2D eigenvalue weighted by molar-refractivity contribution is 5.94. The van der Waals surface area contributed by atoms with Gasteiger partial charge in [-0.3, -0.25) is 4.79 Å². The molecule has 0 atom stereocenters. The first kappa shape index (κ1) is 13.7. The van der Waals surface area contributed by atoms with Crippen LogP contribution in [-0.4, -0.2) is 29.1 Å². The summed E-state index contributed by atoms with van der Waals surface area (Å²) in [4.78, 5) is 15.5. The van der Waals surface area contributed by atoms with Gasteiger partial charge in [0.25, 0.3) is 5.91 Å². The molecule has 4 N–H and O–H groups in total. The van der Waals surface area contributed by atoms with Crippen molar-refractivity contribution in [2.75, 3.05) is 18.9 Å². The molecular formula is C14H15N3O3. The number of nitrogen functional groups attached to an aromatic ring is 1. The molecule has 0 aliphatic heterocycles. The maximum Gasteiger partial charge on any atom is 0.273 e. The zero-order chi connectivity index (χ0) is 14.4. The van der Waals surface area contributed by atoms with E-state index in [2.05, 4.69) is 10.3 Å². The SMILES string of the molecule is Nc1ccc(OCCNC(=O)c2ncccc2O)cc1. The zero-order valence-electron chi connectivity index (χ0n) is 10.7. The number of carbonyl (C=O) groups excluding carboxylic acids is 1. The van der Waals surface area contributed by atoms with Crippen LogP contribution in [0.5, 0.6) is 11.5 Å². The second kappa shape index (κ2) is 6.42. The summed E-state index contributed by atoms with van der Waals surface area (Å²) in [5.41, 5.74) is 6.22. The largest absolute Gasteiger partial charge is 0.505 e. The fourth-order valence-corrected chi connectivity index (χ4v) is 1.55. The number of aromatic hydroxyl groups is 1. The number of nitrogens with zero attached hydrogens (tertiary/aromatic N) is 1. The van der Waals surface area contributed by atoms with E-state index in [1.54, 1.807) is 30.3 Å². The molecule has 6 heteroatoms. The van der Waals surface area contributed by atoms with Crippen LogP contribution in [-0.2, 0) is 0 Å². The molecule has 0 fully saturated rings. The molecule has 0 unspecified atom stereocenters. The highest BCUT2D eigenvalue weighted by atomic mass is 16.5. The van der Waals surface area contributed by atoms with Gasteiger partial charge < -0.3 is 20.9 Å². The maximum absolute atomic E-state index is 11.7. The summed E-state index contributed by atoms with van der Waals surface area (Å²) in [6, 6.07) is 9.94. The molecule has 2 aromatic rings. The van der Waals surface area contributed by atoms with Gasteiger partial charge >= 0.3 is 0 Å². The van der Waals surface area contributed by atoms with Gasteiger partial charge in [0.05, 0.1) is 6.54 Å². The Morgan fingerprint density at radius 1 is 1.30 bits per heavy atom. The molecule has 2 rings (SSSR count). The summed E-state index contributed by atoms with van der Waals surface area (Å²) >= 11 is 0. The maximum atomic E-state index is 11.7. The van der Waals surface area contributed by atoms with E-state index in [-0.39, 0.29) is 11.4 Å². The van der Waals surface area contributed by atoms with Crippen LogP contribution < -0.4 is 15.8 Å². The molecule has 0 aliphatic rings. The Hall–Kier alpha value is -2.76. The predicted octanol–water partition coefficient (Wildman–Crippen LogP) is 1.18. The van der Waals surface area contributed by atoms with Gasteiger partial charge in [-0.25, -0.2) is 4.98 Å². The van der Waals surface area contributed by atoms with Crippen LogP contribution in [0.25, 0.3) is 0 Å². The Morgan fingerprint density at radius 2 is 2.05 bits per heavy atom. The number of nitrogens with one attached hydrogen (secondary N) is 1. The predicted molar refractivity (Wildman–Crippen MR) is 74.6 cm³/mol. The van der Waals surface area contributed by atoms with Gasteiger partial charge in [-0.1, -0.05) is 0 Å². The van der Waals surface area contributed by atoms with E-state index < -0.39 is 5.91 Å². The number of nitrogens with two attached hydrogens (primary N) is 1. The van der Waals surface area contributed by atoms with Gasteiger partial charge in [0, 0.05) is 11.9 Å². The van der Waals surface area contributed by atoms with E-state index in [0.29, 0.717) is 24.6 Å². The summed E-state index contributed by atoms with van der Waals surface area (Å²) in [6.07, 6.45) is 1.44. The Labute approximate surface area is 116 Å². The molecule has 1 aromatic heterocycles. The lowest BCUT2D eigenvalue weighted by Crippen LogP contribution is -2.28. The summed E-state index contributed by atoms with van der Waals surface area (Å²) < 4.78 is 5.42. The quantitative estimate of drug-likeness (QED) is 0.561. The zero-order valence-corrected chi connectivity index (χ0v) is 10.7. The summed E-state index contributed by atoms with van der Waals surface area (Å²) in [5, 5.41) is 12.1. The van der Waals surface area contributed by atoms with E-state index in [4.69, 9.17) is 10.5 Å². The monoisotopic (exact) mass is 273 g/mol. The molecule has 0 spiro atoms. The second-order valence-corrected chi connectivity index (χ2v) is 4.04. The fourth-order valence-electron chi connectivity index (χ4n) is 1.55. The van der Waals surface area contributed by atoms with Crippen molar-refractivity contribution >= 4 is 11.6 Å². The molecule has 6 nitrogen and oxygen atoms in total. The molecule has 104 valence electrons. The Bertz CT molecular complexity index is 584. The van der Waals surface area contributed by atoms with Crippen molar-refractivity contribution in [1.29, 1.82) is 0 Å². The third kappa shape index (κ3) is 3.61. The normalized spacial score (nSPS) is 10.0. The lowest BCUT2D eigenvalue weighted by atomic mass is 10.3. The minimum Gasteiger partial charge on any atom is -0.505 e. The van der Waals surface area contributed by atoms with Crippen LogP contribution >= 0.6 is 0 Å². The highest BCUT2D eigenvalue weighted by Crippen LogP contribution is 2.13. The van der Waals surface area contributed by atoms with Crippen molar-refractivity contribution in [2.24, 2.45) is 0 Å². The third-order valence-corrected chi connectivity index (χ3v) is 2.54. The molecule has 1 amide bonds. The van der Waals surface area contributed by atoms with Crippen LogP contribution in [0, 0.1) is 0 Å². The Balaban J connectivity index is 1.77. The first-order valence-corrected chi connectivity index (χ1v) is 6.07. The molecule has 0 bridgehead atoms. The standard InChI is InChI=1S/C14H15N3O3/c15-10-3-5-11(6-4-10)20-9-8-17-14(19)13-12(18)2-1-7-16-13/h1-7,18H,8-9,15H2,(H,17,19). The lowest BCUT2D eigenvalue weighted by Gasteiger charge is -2.08. The van der Waals surface area contributed by atoms with Crippen LogP contribution in [0.15, 0.2) is 42.6 Å². The number of aromatic nitrogens is 1. The van der Waals surface area contributed by atoms with Crippen molar-refractivity contribution in [3.63, 3.8) is 0 Å². The first-order chi connectivity index (χ1) is 9.66. The van der Waals surface area contributed by atoms with Crippen molar-refractivity contribution in [2.45, 2.75) is 0 Å². The molecular weight excluding hydrogens is 258 g/mol. The number of ether oxygens (including phenoxy) is 1. The molecule has 1 aromatic carbocycles. The number of hydrogen-bond donors (Lipinski definition) is 3. The Kier molecular flexibility index (Phi) is 4.39. The van der Waals surface area contributed by atoms with E-state index >= 15 is 0 Å². The van der Waals surface area contributed by atoms with Gasteiger partial charge in [0.2, 0.25) is 0 Å². The number of hydrogen-bond acceptors (Lipinski definition) is 5. The van der Waals surface area contributed by atoms with E-state index in [1.165, 1.54) is 12.3 Å². The number of rotatable bonds is 5. The highest BCUT2D eigenvalue weighted by Gasteiger charge is 2.10. The van der Waals surface area contributed by atoms with Crippen molar-refractivity contribution in [3.8, 4) is 11.5 Å². The van der Waals surface area contributed by atoms with Crippen molar-refractivity contribution in [3.05, 3.63) is 48.3 Å². The average molecular weight is 273 g/mol. The minimum atomic E-state index is -0.441. The molecule has 1 heterocycles. The lowest BCUT2D eigenvalue weighted by molar-refractivity contribution is 0.0939. The van der Waals surface area contributed by atoms with Gasteiger partial charge in [0.15, 0.2) is 5.69 Å². The van der Waals surface area contributed by atoms with Gasteiger partial charge in [-0.2, -0.15) is 0 Å². The number of amides is 1. The van der Waals surface area contributed by atoms with Crippen molar-refractivity contribution in [1.82, 2.24) is 10.3 Å².